The average molecular weight is 366 g/mol. The van der Waals surface area contributed by atoms with E-state index in [-0.39, 0.29) is 17.5 Å². The smallest absolute Gasteiger partial charge is 0.240 e. The number of aliphatic hydroxyl groups excluding tert-OH is 1. The van der Waals surface area contributed by atoms with Crippen molar-refractivity contribution in [2.24, 2.45) is 0 Å². The fraction of sp³-hybridized carbons (Fsp3) is 0.333. The second-order valence-corrected chi connectivity index (χ2v) is 8.39. The van der Waals surface area contributed by atoms with E-state index in [4.69, 9.17) is 11.6 Å². The zero-order valence-electron chi connectivity index (χ0n) is 13.4. The van der Waals surface area contributed by atoms with E-state index in [1.165, 1.54) is 12.1 Å². The van der Waals surface area contributed by atoms with E-state index in [2.05, 4.69) is 10.8 Å². The van der Waals surface area contributed by atoms with Crippen molar-refractivity contribution < 1.29 is 13.5 Å². The van der Waals surface area contributed by atoms with Crippen molar-refractivity contribution in [2.45, 2.75) is 43.7 Å². The first-order valence-electron chi connectivity index (χ1n) is 7.89. The molecule has 1 aliphatic rings. The van der Waals surface area contributed by atoms with Crippen LogP contribution in [0.1, 0.15) is 28.7 Å². The van der Waals surface area contributed by atoms with E-state index in [0.29, 0.717) is 11.4 Å². The molecule has 2 aromatic rings. The Kier molecular flexibility index (Phi) is 4.97. The molecule has 24 heavy (non-hydrogen) atoms. The number of sulfonamides is 1. The molecule has 2 aromatic carbocycles. The molecule has 4 nitrogen and oxygen atoms in total. The first-order chi connectivity index (χ1) is 11.4. The molecular weight excluding hydrogens is 346 g/mol. The lowest BCUT2D eigenvalue weighted by Gasteiger charge is -2.27. The van der Waals surface area contributed by atoms with Crippen molar-refractivity contribution in [3.63, 3.8) is 0 Å². The lowest BCUT2D eigenvalue weighted by atomic mass is 9.85. The third-order valence-electron chi connectivity index (χ3n) is 4.40. The van der Waals surface area contributed by atoms with Gasteiger partial charge in [-0.05, 0) is 67.1 Å². The molecule has 0 heterocycles. The number of benzene rings is 2. The quantitative estimate of drug-likeness (QED) is 0.875. The van der Waals surface area contributed by atoms with Crippen LogP contribution >= 0.6 is 11.6 Å². The molecule has 0 fully saturated rings. The van der Waals surface area contributed by atoms with Crippen LogP contribution in [-0.4, -0.2) is 19.6 Å². The Bertz CT molecular complexity index is 847. The van der Waals surface area contributed by atoms with Crippen molar-refractivity contribution in [3.05, 3.63) is 63.7 Å². The normalized spacial score (nSPS) is 17.5. The molecule has 0 spiro atoms. The van der Waals surface area contributed by atoms with Gasteiger partial charge in [0, 0.05) is 11.1 Å². The molecule has 6 heteroatoms. The van der Waals surface area contributed by atoms with Gasteiger partial charge in [-0.15, -0.1) is 0 Å². The van der Waals surface area contributed by atoms with E-state index in [1.807, 2.05) is 13.0 Å². The summed E-state index contributed by atoms with van der Waals surface area (Å²) in [6.45, 7) is 2.01. The number of rotatable bonds is 4. The van der Waals surface area contributed by atoms with E-state index in [1.54, 1.807) is 12.1 Å². The van der Waals surface area contributed by atoms with E-state index in [0.717, 1.165) is 35.1 Å². The highest BCUT2D eigenvalue weighted by molar-refractivity contribution is 7.89. The van der Waals surface area contributed by atoms with Gasteiger partial charge in [-0.3, -0.25) is 0 Å². The molecule has 1 aliphatic carbocycles. The maximum Gasteiger partial charge on any atom is 0.240 e. The Morgan fingerprint density at radius 2 is 1.96 bits per heavy atom. The summed E-state index contributed by atoms with van der Waals surface area (Å²) in [6.07, 6.45) is 2.12. The Labute approximate surface area is 147 Å². The minimum absolute atomic E-state index is 0.0190. The first kappa shape index (κ1) is 17.4. The molecule has 0 saturated carbocycles. The molecule has 1 unspecified atom stereocenters. The Hall–Kier alpha value is -1.40. The Balaban J connectivity index is 1.81. The van der Waals surface area contributed by atoms with Crippen molar-refractivity contribution in [1.82, 2.24) is 4.72 Å². The maximum absolute atomic E-state index is 12.5. The number of hydrogen-bond acceptors (Lipinski definition) is 3. The monoisotopic (exact) mass is 365 g/mol. The first-order valence-corrected chi connectivity index (χ1v) is 9.75. The molecule has 3 rings (SSSR count). The Morgan fingerprint density at radius 1 is 1.25 bits per heavy atom. The summed E-state index contributed by atoms with van der Waals surface area (Å²) in [5, 5.41) is 10.0. The second kappa shape index (κ2) is 6.84. The second-order valence-electron chi connectivity index (χ2n) is 6.23. The van der Waals surface area contributed by atoms with Gasteiger partial charge in [-0.1, -0.05) is 29.3 Å². The number of aryl methyl sites for hydroxylation is 1. The molecule has 2 N–H and O–H groups in total. The van der Waals surface area contributed by atoms with Crippen molar-refractivity contribution >= 4 is 21.6 Å². The molecule has 0 aromatic heterocycles. The third-order valence-corrected chi connectivity index (χ3v) is 6.19. The standard InChI is InChI=1S/C18H20ClNO3S/c1-12-8-13-10-16(4-7-18(13)14(9-12)11-21)20-24(22,23)17-5-2-15(19)3-6-17/h2-3,5-6,8-9,16,20-21H,4,7,10-11H2,1H3. The SMILES string of the molecule is Cc1cc(CO)c2c(c1)CC(NS(=O)(=O)c1ccc(Cl)cc1)CC2. The van der Waals surface area contributed by atoms with Crippen LogP contribution in [0.3, 0.4) is 0 Å². The van der Waals surface area contributed by atoms with Gasteiger partial charge in [0.15, 0.2) is 0 Å². The van der Waals surface area contributed by atoms with E-state index < -0.39 is 10.0 Å². The highest BCUT2D eigenvalue weighted by Gasteiger charge is 2.25. The molecule has 0 radical (unpaired) electrons. The molecule has 128 valence electrons. The van der Waals surface area contributed by atoms with Gasteiger partial charge in [-0.2, -0.15) is 0 Å². The van der Waals surface area contributed by atoms with Crippen LogP contribution in [0.2, 0.25) is 5.02 Å². The van der Waals surface area contributed by atoms with Crippen LogP contribution in [0.25, 0.3) is 0 Å². The van der Waals surface area contributed by atoms with Gasteiger partial charge < -0.3 is 5.11 Å². The number of aliphatic hydroxyl groups is 1. The average Bonchev–Trinajstić information content (AvgIpc) is 2.53. The summed E-state index contributed by atoms with van der Waals surface area (Å²) in [4.78, 5) is 0.220. The van der Waals surface area contributed by atoms with Gasteiger partial charge in [0.05, 0.1) is 11.5 Å². The molecule has 1 atom stereocenters. The lowest BCUT2D eigenvalue weighted by molar-refractivity contribution is 0.279. The van der Waals surface area contributed by atoms with E-state index >= 15 is 0 Å². The van der Waals surface area contributed by atoms with Crippen LogP contribution < -0.4 is 4.72 Å². The molecule has 0 bridgehead atoms. The van der Waals surface area contributed by atoms with Crippen LogP contribution in [0.4, 0.5) is 0 Å². The number of halogens is 1. The zero-order chi connectivity index (χ0) is 17.3. The fourth-order valence-corrected chi connectivity index (χ4v) is 4.70. The van der Waals surface area contributed by atoms with Gasteiger partial charge in [0.2, 0.25) is 10.0 Å². The van der Waals surface area contributed by atoms with Crippen LogP contribution in [-0.2, 0) is 29.5 Å². The summed E-state index contributed by atoms with van der Waals surface area (Å²) < 4.78 is 27.8. The topological polar surface area (TPSA) is 66.4 Å². The molecular formula is C18H20ClNO3S. The van der Waals surface area contributed by atoms with Crippen LogP contribution in [0.15, 0.2) is 41.3 Å². The molecule has 0 amide bonds. The summed E-state index contributed by atoms with van der Waals surface area (Å²) in [5.41, 5.74) is 4.31. The summed E-state index contributed by atoms with van der Waals surface area (Å²) >= 11 is 5.82. The van der Waals surface area contributed by atoms with Crippen LogP contribution in [0.5, 0.6) is 0 Å². The van der Waals surface area contributed by atoms with Gasteiger partial charge in [0.25, 0.3) is 0 Å². The van der Waals surface area contributed by atoms with Gasteiger partial charge in [-0.25, -0.2) is 13.1 Å². The minimum Gasteiger partial charge on any atom is -0.392 e. The Morgan fingerprint density at radius 3 is 2.62 bits per heavy atom. The molecule has 0 aliphatic heterocycles. The van der Waals surface area contributed by atoms with E-state index in [9.17, 15) is 13.5 Å². The highest BCUT2D eigenvalue weighted by atomic mass is 35.5. The zero-order valence-corrected chi connectivity index (χ0v) is 15.0. The summed E-state index contributed by atoms with van der Waals surface area (Å²) in [6, 6.07) is 10.1. The van der Waals surface area contributed by atoms with Crippen molar-refractivity contribution in [2.75, 3.05) is 0 Å². The third kappa shape index (κ3) is 3.64. The number of fused-ring (bicyclic) bond motifs is 1. The predicted octanol–water partition coefficient (Wildman–Crippen LogP) is 2.98. The van der Waals surface area contributed by atoms with Gasteiger partial charge in [0.1, 0.15) is 0 Å². The van der Waals surface area contributed by atoms with Crippen molar-refractivity contribution in [3.8, 4) is 0 Å². The van der Waals surface area contributed by atoms with Crippen LogP contribution in [0, 0.1) is 6.92 Å². The predicted molar refractivity (Wildman–Crippen MR) is 94.7 cm³/mol. The van der Waals surface area contributed by atoms with Crippen molar-refractivity contribution in [1.29, 1.82) is 0 Å². The largest absolute Gasteiger partial charge is 0.392 e. The maximum atomic E-state index is 12.5. The fourth-order valence-electron chi connectivity index (χ4n) is 3.30. The summed E-state index contributed by atoms with van der Waals surface area (Å²) in [7, 11) is -3.56. The highest BCUT2D eigenvalue weighted by Crippen LogP contribution is 2.27. The lowest BCUT2D eigenvalue weighted by Crippen LogP contribution is -2.39. The summed E-state index contributed by atoms with van der Waals surface area (Å²) in [5.74, 6) is 0. The number of hydrogen-bond donors (Lipinski definition) is 2. The van der Waals surface area contributed by atoms with Gasteiger partial charge >= 0.3 is 0 Å². The minimum atomic E-state index is -3.56. The number of nitrogens with one attached hydrogen (secondary N) is 1. The molecule has 0 saturated heterocycles.